The molecule has 1 saturated carbocycles. The van der Waals surface area contributed by atoms with Gasteiger partial charge < -0.3 is 5.32 Å². The number of hydrogen-bond donors (Lipinski definition) is 1. The second-order valence-corrected chi connectivity index (χ2v) is 7.45. The molecule has 27 heavy (non-hydrogen) atoms. The molecule has 0 aliphatic heterocycles. The Hall–Kier alpha value is -2.67. The van der Waals surface area contributed by atoms with Crippen LogP contribution in [0.15, 0.2) is 59.8 Å². The highest BCUT2D eigenvalue weighted by Gasteiger charge is 2.24. The molecule has 7 heteroatoms. The molecule has 138 valence electrons. The van der Waals surface area contributed by atoms with Crippen LogP contribution in [0.1, 0.15) is 24.2 Å². The minimum Gasteiger partial charge on any atom is -0.353 e. The molecule has 1 aromatic heterocycles. The largest absolute Gasteiger partial charge is 0.353 e. The fourth-order valence-electron chi connectivity index (χ4n) is 2.76. The molecule has 0 unspecified atom stereocenters. The van der Waals surface area contributed by atoms with Gasteiger partial charge in [0.05, 0.1) is 5.75 Å². The third-order valence-corrected chi connectivity index (χ3v) is 5.19. The Morgan fingerprint density at radius 2 is 1.85 bits per heavy atom. The van der Waals surface area contributed by atoms with E-state index in [-0.39, 0.29) is 17.5 Å². The highest BCUT2D eigenvalue weighted by molar-refractivity contribution is 7.99. The molecule has 0 bridgehead atoms. The van der Waals surface area contributed by atoms with Crippen LogP contribution in [0, 0.1) is 5.82 Å². The molecule has 1 heterocycles. The van der Waals surface area contributed by atoms with E-state index in [0.717, 1.165) is 29.9 Å². The normalized spacial score (nSPS) is 13.5. The lowest BCUT2D eigenvalue weighted by atomic mass is 10.1. The Labute approximate surface area is 161 Å². The van der Waals surface area contributed by atoms with Gasteiger partial charge in [0.2, 0.25) is 5.91 Å². The average Bonchev–Trinajstić information content (AvgIpc) is 3.40. The summed E-state index contributed by atoms with van der Waals surface area (Å²) in [6.07, 6.45) is 2.72. The molecule has 2 aromatic carbocycles. The number of carbonyl (C=O) groups excluding carboxylic acids is 1. The van der Waals surface area contributed by atoms with Gasteiger partial charge in [-0.1, -0.05) is 42.1 Å². The summed E-state index contributed by atoms with van der Waals surface area (Å²) in [6, 6.07) is 16.5. The van der Waals surface area contributed by atoms with Crippen molar-refractivity contribution >= 4 is 17.7 Å². The average molecular weight is 382 g/mol. The van der Waals surface area contributed by atoms with Crippen LogP contribution in [0.25, 0.3) is 5.69 Å². The van der Waals surface area contributed by atoms with Crippen LogP contribution >= 0.6 is 11.8 Å². The summed E-state index contributed by atoms with van der Waals surface area (Å²) in [5.74, 6) is 0.731. The molecular formula is C20H19FN4OS. The summed E-state index contributed by atoms with van der Waals surface area (Å²) >= 11 is 1.34. The number of thioether (sulfide) groups is 1. The van der Waals surface area contributed by atoms with Crippen LogP contribution in [0.5, 0.6) is 0 Å². The molecule has 1 amide bonds. The Bertz CT molecular complexity index is 923. The second kappa shape index (κ2) is 7.92. The van der Waals surface area contributed by atoms with E-state index < -0.39 is 0 Å². The summed E-state index contributed by atoms with van der Waals surface area (Å²) < 4.78 is 15.2. The first-order valence-corrected chi connectivity index (χ1v) is 9.84. The topological polar surface area (TPSA) is 59.8 Å². The van der Waals surface area contributed by atoms with Gasteiger partial charge in [-0.25, -0.2) is 4.39 Å². The molecule has 4 rings (SSSR count). The maximum absolute atomic E-state index is 13.4. The van der Waals surface area contributed by atoms with Gasteiger partial charge in [0, 0.05) is 18.2 Å². The van der Waals surface area contributed by atoms with Gasteiger partial charge in [-0.05, 0) is 42.7 Å². The zero-order chi connectivity index (χ0) is 18.6. The van der Waals surface area contributed by atoms with Crippen molar-refractivity contribution in [2.75, 3.05) is 5.75 Å². The van der Waals surface area contributed by atoms with Crippen LogP contribution in [0.3, 0.4) is 0 Å². The van der Waals surface area contributed by atoms with Crippen LogP contribution in [0.4, 0.5) is 4.39 Å². The zero-order valence-electron chi connectivity index (χ0n) is 14.6. The van der Waals surface area contributed by atoms with Crippen LogP contribution in [-0.2, 0) is 11.2 Å². The van der Waals surface area contributed by atoms with E-state index in [1.54, 1.807) is 12.1 Å². The van der Waals surface area contributed by atoms with Crippen molar-refractivity contribution in [3.63, 3.8) is 0 Å². The van der Waals surface area contributed by atoms with E-state index in [2.05, 4.69) is 15.5 Å². The van der Waals surface area contributed by atoms with Crippen molar-refractivity contribution in [3.05, 3.63) is 71.8 Å². The lowest BCUT2D eigenvalue weighted by Crippen LogP contribution is -2.27. The van der Waals surface area contributed by atoms with E-state index in [4.69, 9.17) is 0 Å². The smallest absolute Gasteiger partial charge is 0.230 e. The molecule has 1 aliphatic carbocycles. The first-order chi connectivity index (χ1) is 13.2. The van der Waals surface area contributed by atoms with Crippen molar-refractivity contribution in [1.82, 2.24) is 20.1 Å². The quantitative estimate of drug-likeness (QED) is 0.637. The zero-order valence-corrected chi connectivity index (χ0v) is 15.5. The maximum Gasteiger partial charge on any atom is 0.230 e. The Balaban J connectivity index is 1.59. The third-order valence-electron chi connectivity index (χ3n) is 4.27. The van der Waals surface area contributed by atoms with Crippen LogP contribution in [0.2, 0.25) is 0 Å². The molecule has 1 N–H and O–H groups in total. The molecule has 1 fully saturated rings. The Kier molecular flexibility index (Phi) is 5.20. The number of hydrogen-bond acceptors (Lipinski definition) is 4. The number of carbonyl (C=O) groups is 1. The Morgan fingerprint density at radius 3 is 2.56 bits per heavy atom. The lowest BCUT2D eigenvalue weighted by Gasteiger charge is -2.10. The van der Waals surface area contributed by atoms with Crippen molar-refractivity contribution in [2.45, 2.75) is 30.5 Å². The number of halogens is 1. The highest BCUT2D eigenvalue weighted by atomic mass is 32.2. The van der Waals surface area contributed by atoms with Gasteiger partial charge in [0.1, 0.15) is 11.6 Å². The number of aromatic nitrogens is 3. The minimum atomic E-state index is -0.297. The summed E-state index contributed by atoms with van der Waals surface area (Å²) in [7, 11) is 0. The molecule has 1 aliphatic rings. The molecule has 0 saturated heterocycles. The first kappa shape index (κ1) is 17.7. The molecule has 3 aromatic rings. The standard InChI is InChI=1S/C20H19FN4OS/c21-15-6-10-17(11-7-15)25-18(12-14-4-2-1-3-5-14)23-24-20(25)27-13-19(26)22-16-8-9-16/h1-7,10-11,16H,8-9,12-13H2,(H,22,26). The van der Waals surface area contributed by atoms with Gasteiger partial charge in [-0.3, -0.25) is 9.36 Å². The molecular weight excluding hydrogens is 363 g/mol. The fraction of sp³-hybridized carbons (Fsp3) is 0.250. The van der Waals surface area contributed by atoms with E-state index in [0.29, 0.717) is 17.6 Å². The van der Waals surface area contributed by atoms with Gasteiger partial charge in [0.15, 0.2) is 5.16 Å². The third kappa shape index (κ3) is 4.54. The van der Waals surface area contributed by atoms with E-state index >= 15 is 0 Å². The molecule has 0 spiro atoms. The number of benzene rings is 2. The van der Waals surface area contributed by atoms with Gasteiger partial charge in [0.25, 0.3) is 0 Å². The van der Waals surface area contributed by atoms with E-state index in [1.807, 2.05) is 34.9 Å². The number of nitrogens with zero attached hydrogens (tertiary/aromatic N) is 3. The predicted molar refractivity (Wildman–Crippen MR) is 102 cm³/mol. The monoisotopic (exact) mass is 382 g/mol. The highest BCUT2D eigenvalue weighted by Crippen LogP contribution is 2.24. The maximum atomic E-state index is 13.4. The van der Waals surface area contributed by atoms with Crippen molar-refractivity contribution < 1.29 is 9.18 Å². The predicted octanol–water partition coefficient (Wildman–Crippen LogP) is 3.37. The van der Waals surface area contributed by atoms with Gasteiger partial charge in [-0.15, -0.1) is 10.2 Å². The SMILES string of the molecule is O=C(CSc1nnc(Cc2ccccc2)n1-c1ccc(F)cc1)NC1CC1. The fourth-order valence-corrected chi connectivity index (χ4v) is 3.55. The molecule has 0 radical (unpaired) electrons. The van der Waals surface area contributed by atoms with E-state index in [1.165, 1.54) is 23.9 Å². The van der Waals surface area contributed by atoms with Gasteiger partial charge >= 0.3 is 0 Å². The second-order valence-electron chi connectivity index (χ2n) is 6.50. The van der Waals surface area contributed by atoms with Crippen molar-refractivity contribution in [2.24, 2.45) is 0 Å². The first-order valence-electron chi connectivity index (χ1n) is 8.85. The van der Waals surface area contributed by atoms with Crippen molar-refractivity contribution in [1.29, 1.82) is 0 Å². The minimum absolute atomic E-state index is 0.000709. The number of rotatable bonds is 7. The summed E-state index contributed by atoms with van der Waals surface area (Å²) in [5.41, 5.74) is 1.88. The molecule has 5 nitrogen and oxygen atoms in total. The summed E-state index contributed by atoms with van der Waals surface area (Å²) in [4.78, 5) is 12.0. The summed E-state index contributed by atoms with van der Waals surface area (Å²) in [6.45, 7) is 0. The van der Waals surface area contributed by atoms with Crippen LogP contribution < -0.4 is 5.32 Å². The van der Waals surface area contributed by atoms with Crippen molar-refractivity contribution in [3.8, 4) is 5.69 Å². The van der Waals surface area contributed by atoms with E-state index in [9.17, 15) is 9.18 Å². The Morgan fingerprint density at radius 1 is 1.11 bits per heavy atom. The molecule has 0 atom stereocenters. The number of nitrogens with one attached hydrogen (secondary N) is 1. The van der Waals surface area contributed by atoms with Gasteiger partial charge in [-0.2, -0.15) is 0 Å². The number of amides is 1. The lowest BCUT2D eigenvalue weighted by molar-refractivity contribution is -0.118. The van der Waals surface area contributed by atoms with Crippen LogP contribution in [-0.4, -0.2) is 32.5 Å². The summed E-state index contributed by atoms with van der Waals surface area (Å²) in [5, 5.41) is 12.2.